The molecule has 0 aliphatic heterocycles. The molecule has 0 aromatic heterocycles. The number of hydrogen-bond donors (Lipinski definition) is 1. The Morgan fingerprint density at radius 3 is 2.67 bits per heavy atom. The minimum Gasteiger partial charge on any atom is -0.488 e. The Labute approximate surface area is 139 Å². The third kappa shape index (κ3) is 4.47. The monoisotopic (exact) mass is 367 g/mol. The summed E-state index contributed by atoms with van der Waals surface area (Å²) in [5.74, 6) is 0.930. The molecule has 2 rings (SSSR count). The van der Waals surface area contributed by atoms with Gasteiger partial charge in [-0.15, -0.1) is 0 Å². The van der Waals surface area contributed by atoms with Crippen LogP contribution in [-0.4, -0.2) is 6.54 Å². The molecular formula is C17H19BrClNO. The molecule has 0 atom stereocenters. The third-order valence-corrected chi connectivity index (χ3v) is 4.04. The second kappa shape index (κ2) is 7.83. The first kappa shape index (κ1) is 16.3. The molecule has 4 heteroatoms. The average Bonchev–Trinajstić information content (AvgIpc) is 2.45. The van der Waals surface area contributed by atoms with Crippen LogP contribution in [0.15, 0.2) is 40.9 Å². The lowest BCUT2D eigenvalue weighted by Crippen LogP contribution is -2.13. The minimum atomic E-state index is 0.473. The topological polar surface area (TPSA) is 21.3 Å². The molecule has 112 valence electrons. The van der Waals surface area contributed by atoms with E-state index in [1.165, 1.54) is 0 Å². The summed E-state index contributed by atoms with van der Waals surface area (Å²) in [6, 6.07) is 11.9. The zero-order chi connectivity index (χ0) is 15.2. The fraction of sp³-hybridized carbons (Fsp3) is 0.294. The zero-order valence-electron chi connectivity index (χ0n) is 12.2. The number of rotatable bonds is 6. The van der Waals surface area contributed by atoms with Gasteiger partial charge in [0.2, 0.25) is 0 Å². The summed E-state index contributed by atoms with van der Waals surface area (Å²) < 4.78 is 7.11. The van der Waals surface area contributed by atoms with Crippen molar-refractivity contribution in [3.8, 4) is 5.75 Å². The normalized spacial score (nSPS) is 10.7. The standard InChI is InChI=1S/C17H19BrClNO/c1-3-20-10-14-9-15(18)8-12(2)17(14)21-11-13-6-4-5-7-16(13)19/h4-9,20H,3,10-11H2,1-2H3. The predicted molar refractivity (Wildman–Crippen MR) is 92.0 cm³/mol. The Morgan fingerprint density at radius 1 is 1.19 bits per heavy atom. The average molecular weight is 369 g/mol. The lowest BCUT2D eigenvalue weighted by atomic mass is 10.1. The summed E-state index contributed by atoms with van der Waals surface area (Å²) in [7, 11) is 0. The van der Waals surface area contributed by atoms with Crippen molar-refractivity contribution < 1.29 is 4.74 Å². The molecule has 0 amide bonds. The number of hydrogen-bond acceptors (Lipinski definition) is 2. The van der Waals surface area contributed by atoms with Crippen LogP contribution in [0.25, 0.3) is 0 Å². The molecule has 2 aromatic rings. The summed E-state index contributed by atoms with van der Waals surface area (Å²) >= 11 is 9.72. The molecule has 0 aliphatic rings. The van der Waals surface area contributed by atoms with Crippen molar-refractivity contribution in [3.63, 3.8) is 0 Å². The van der Waals surface area contributed by atoms with Crippen molar-refractivity contribution in [3.05, 3.63) is 62.6 Å². The molecule has 0 fully saturated rings. The smallest absolute Gasteiger partial charge is 0.127 e. The lowest BCUT2D eigenvalue weighted by molar-refractivity contribution is 0.300. The maximum absolute atomic E-state index is 6.18. The zero-order valence-corrected chi connectivity index (χ0v) is 14.6. The van der Waals surface area contributed by atoms with Gasteiger partial charge in [0.1, 0.15) is 12.4 Å². The number of benzene rings is 2. The van der Waals surface area contributed by atoms with E-state index in [1.807, 2.05) is 24.3 Å². The summed E-state index contributed by atoms with van der Waals surface area (Å²) in [4.78, 5) is 0. The second-order valence-corrected chi connectivity index (χ2v) is 6.19. The van der Waals surface area contributed by atoms with E-state index in [0.29, 0.717) is 6.61 Å². The summed E-state index contributed by atoms with van der Waals surface area (Å²) in [6.07, 6.45) is 0. The fourth-order valence-corrected chi connectivity index (χ4v) is 2.97. The lowest BCUT2D eigenvalue weighted by Gasteiger charge is -2.16. The molecule has 0 spiro atoms. The molecule has 0 radical (unpaired) electrons. The van der Waals surface area contributed by atoms with Gasteiger partial charge in [-0.2, -0.15) is 0 Å². The highest BCUT2D eigenvalue weighted by Crippen LogP contribution is 2.29. The van der Waals surface area contributed by atoms with Crippen molar-refractivity contribution in [1.82, 2.24) is 5.32 Å². The Morgan fingerprint density at radius 2 is 1.95 bits per heavy atom. The Bertz CT molecular complexity index is 616. The Kier molecular flexibility index (Phi) is 6.09. The van der Waals surface area contributed by atoms with Gasteiger partial charge >= 0.3 is 0 Å². The molecular weight excluding hydrogens is 350 g/mol. The van der Waals surface area contributed by atoms with Crippen LogP contribution in [0.4, 0.5) is 0 Å². The van der Waals surface area contributed by atoms with Crippen LogP contribution in [0.1, 0.15) is 23.6 Å². The highest BCUT2D eigenvalue weighted by molar-refractivity contribution is 9.10. The third-order valence-electron chi connectivity index (χ3n) is 3.21. The number of ether oxygens (including phenoxy) is 1. The molecule has 1 N–H and O–H groups in total. The number of halogens is 2. The maximum Gasteiger partial charge on any atom is 0.127 e. The van der Waals surface area contributed by atoms with E-state index in [1.54, 1.807) is 0 Å². The molecule has 0 unspecified atom stereocenters. The van der Waals surface area contributed by atoms with Crippen molar-refractivity contribution in [2.75, 3.05) is 6.54 Å². The minimum absolute atomic E-state index is 0.473. The van der Waals surface area contributed by atoms with E-state index in [-0.39, 0.29) is 0 Å². The van der Waals surface area contributed by atoms with E-state index in [2.05, 4.69) is 47.2 Å². The Balaban J connectivity index is 2.20. The van der Waals surface area contributed by atoms with Crippen LogP contribution in [-0.2, 0) is 13.2 Å². The summed E-state index contributed by atoms with van der Waals surface area (Å²) in [5, 5.41) is 4.08. The van der Waals surface area contributed by atoms with Crippen molar-refractivity contribution in [1.29, 1.82) is 0 Å². The van der Waals surface area contributed by atoms with E-state index < -0.39 is 0 Å². The largest absolute Gasteiger partial charge is 0.488 e. The fourth-order valence-electron chi connectivity index (χ4n) is 2.16. The van der Waals surface area contributed by atoms with Crippen molar-refractivity contribution in [2.24, 2.45) is 0 Å². The van der Waals surface area contributed by atoms with Gasteiger partial charge < -0.3 is 10.1 Å². The van der Waals surface area contributed by atoms with Crippen LogP contribution in [0.5, 0.6) is 5.75 Å². The first-order valence-corrected chi connectivity index (χ1v) is 8.15. The summed E-state index contributed by atoms with van der Waals surface area (Å²) in [5.41, 5.74) is 3.26. The van der Waals surface area contributed by atoms with Gasteiger partial charge in [-0.3, -0.25) is 0 Å². The molecule has 0 saturated carbocycles. The summed E-state index contributed by atoms with van der Waals surface area (Å²) in [6.45, 7) is 6.34. The molecule has 0 aliphatic carbocycles. The number of nitrogens with one attached hydrogen (secondary N) is 1. The first-order chi connectivity index (χ1) is 10.1. The van der Waals surface area contributed by atoms with Gasteiger partial charge in [-0.25, -0.2) is 0 Å². The van der Waals surface area contributed by atoms with Crippen LogP contribution in [0.3, 0.4) is 0 Å². The van der Waals surface area contributed by atoms with Gasteiger partial charge in [-0.05, 0) is 37.2 Å². The van der Waals surface area contributed by atoms with E-state index in [9.17, 15) is 0 Å². The van der Waals surface area contributed by atoms with E-state index in [0.717, 1.165) is 45.0 Å². The molecule has 2 aromatic carbocycles. The van der Waals surface area contributed by atoms with Crippen LogP contribution in [0, 0.1) is 6.92 Å². The van der Waals surface area contributed by atoms with Crippen molar-refractivity contribution in [2.45, 2.75) is 27.0 Å². The highest BCUT2D eigenvalue weighted by atomic mass is 79.9. The maximum atomic E-state index is 6.18. The van der Waals surface area contributed by atoms with Gasteiger partial charge in [0.05, 0.1) is 0 Å². The van der Waals surface area contributed by atoms with E-state index >= 15 is 0 Å². The molecule has 0 heterocycles. The molecule has 0 saturated heterocycles. The Hall–Kier alpha value is -1.03. The van der Waals surface area contributed by atoms with Crippen LogP contribution >= 0.6 is 27.5 Å². The second-order valence-electron chi connectivity index (χ2n) is 4.87. The van der Waals surface area contributed by atoms with Crippen LogP contribution < -0.4 is 10.1 Å². The molecule has 0 bridgehead atoms. The predicted octanol–water partition coefficient (Wildman–Crippen LogP) is 5.10. The van der Waals surface area contributed by atoms with Crippen molar-refractivity contribution >= 4 is 27.5 Å². The van der Waals surface area contributed by atoms with Crippen LogP contribution in [0.2, 0.25) is 5.02 Å². The van der Waals surface area contributed by atoms with Gasteiger partial charge in [0, 0.05) is 27.2 Å². The number of aryl methyl sites for hydroxylation is 1. The molecule has 2 nitrogen and oxygen atoms in total. The quantitative estimate of drug-likeness (QED) is 0.766. The molecule has 21 heavy (non-hydrogen) atoms. The first-order valence-electron chi connectivity index (χ1n) is 6.97. The SMILES string of the molecule is CCNCc1cc(Br)cc(C)c1OCc1ccccc1Cl. The van der Waals surface area contributed by atoms with Gasteiger partial charge in [-0.1, -0.05) is 52.7 Å². The van der Waals surface area contributed by atoms with Gasteiger partial charge in [0.25, 0.3) is 0 Å². The highest BCUT2D eigenvalue weighted by Gasteiger charge is 2.10. The van der Waals surface area contributed by atoms with Gasteiger partial charge in [0.15, 0.2) is 0 Å². The van der Waals surface area contributed by atoms with E-state index in [4.69, 9.17) is 16.3 Å².